The largest absolute Gasteiger partial charge is 0.344 e. The first-order valence-corrected chi connectivity index (χ1v) is 20.5. The fraction of sp³-hybridized carbons (Fsp3) is 0.245. The van der Waals surface area contributed by atoms with Gasteiger partial charge in [-0.3, -0.25) is 0 Å². The highest BCUT2D eigenvalue weighted by atomic mass is 15.2. The van der Waals surface area contributed by atoms with Gasteiger partial charge in [-0.15, -0.1) is 0 Å². The van der Waals surface area contributed by atoms with Gasteiger partial charge in [0.15, 0.2) is 17.1 Å². The fourth-order valence-electron chi connectivity index (χ4n) is 10.2. The lowest BCUT2D eigenvalue weighted by atomic mass is 9.79. The molecule has 3 nitrogen and oxygen atoms in total. The molecule has 0 atom stereocenters. The Kier molecular flexibility index (Phi) is 9.00. The molecule has 0 aliphatic carbocycles. The summed E-state index contributed by atoms with van der Waals surface area (Å²) in [6.45, 7) is 16.0. The van der Waals surface area contributed by atoms with Crippen LogP contribution in [0.3, 0.4) is 0 Å². The molecule has 278 valence electrons. The highest BCUT2D eigenvalue weighted by Crippen LogP contribution is 2.51. The molecule has 9 rings (SSSR count). The van der Waals surface area contributed by atoms with Crippen LogP contribution in [0.2, 0.25) is 0 Å². The Balaban J connectivity index is 1.21. The van der Waals surface area contributed by atoms with Crippen LogP contribution >= 0.6 is 0 Å². The number of benzene rings is 6. The number of nitrogens with zero attached hydrogens (tertiary/aromatic N) is 3. The molecule has 0 saturated carbocycles. The molecule has 0 N–H and O–H groups in total. The molecule has 3 aliphatic rings. The topological polar surface area (TPSA) is 9.26 Å². The zero-order chi connectivity index (χ0) is 38.6. The van der Waals surface area contributed by atoms with Crippen molar-refractivity contribution in [3.63, 3.8) is 0 Å². The van der Waals surface area contributed by atoms with Gasteiger partial charge in [0.1, 0.15) is 6.54 Å². The molecule has 0 radical (unpaired) electrons. The van der Waals surface area contributed by atoms with Crippen molar-refractivity contribution in [2.75, 3.05) is 18.0 Å². The van der Waals surface area contributed by atoms with Gasteiger partial charge in [-0.1, -0.05) is 129 Å². The van der Waals surface area contributed by atoms with Crippen LogP contribution in [0.5, 0.6) is 0 Å². The molecule has 0 amide bonds. The normalized spacial score (nSPS) is 18.8. The van der Waals surface area contributed by atoms with Gasteiger partial charge in [0.2, 0.25) is 11.7 Å². The van der Waals surface area contributed by atoms with E-state index in [9.17, 15) is 0 Å². The molecule has 0 saturated heterocycles. The highest BCUT2D eigenvalue weighted by molar-refractivity contribution is 6.10. The highest BCUT2D eigenvalue weighted by Gasteiger charge is 2.46. The van der Waals surface area contributed by atoms with Gasteiger partial charge in [0.05, 0.1) is 5.41 Å². The number of hydrogen-bond acceptors (Lipinski definition) is 1. The third-order valence-electron chi connectivity index (χ3n) is 12.8. The van der Waals surface area contributed by atoms with E-state index >= 15 is 0 Å². The zero-order valence-corrected chi connectivity index (χ0v) is 33.8. The molecule has 6 aromatic carbocycles. The molecule has 0 spiro atoms. The number of rotatable bonds is 8. The predicted octanol–water partition coefficient (Wildman–Crippen LogP) is 12.6. The van der Waals surface area contributed by atoms with Gasteiger partial charge in [-0.25, -0.2) is 0 Å². The third-order valence-corrected chi connectivity index (χ3v) is 12.8. The van der Waals surface area contributed by atoms with E-state index in [-0.39, 0.29) is 16.9 Å². The molecule has 0 aromatic heterocycles. The minimum Gasteiger partial charge on any atom is -0.344 e. The van der Waals surface area contributed by atoms with E-state index in [1.54, 1.807) is 0 Å². The summed E-state index contributed by atoms with van der Waals surface area (Å²) in [6.07, 6.45) is 11.7. The van der Waals surface area contributed by atoms with Crippen LogP contribution in [0.4, 0.5) is 11.4 Å². The number of fused-ring (bicyclic) bond motifs is 6. The van der Waals surface area contributed by atoms with Crippen molar-refractivity contribution in [2.24, 2.45) is 0 Å². The van der Waals surface area contributed by atoms with Crippen molar-refractivity contribution in [3.05, 3.63) is 191 Å². The van der Waals surface area contributed by atoms with E-state index in [0.29, 0.717) is 0 Å². The summed E-state index contributed by atoms with van der Waals surface area (Å²) in [5.41, 5.74) is 13.2. The summed E-state index contributed by atoms with van der Waals surface area (Å²) < 4.78 is 5.19. The van der Waals surface area contributed by atoms with Gasteiger partial charge in [-0.2, -0.15) is 9.15 Å². The lowest BCUT2D eigenvalue weighted by Gasteiger charge is -2.26. The van der Waals surface area contributed by atoms with Crippen LogP contribution in [-0.4, -0.2) is 33.7 Å². The first-order chi connectivity index (χ1) is 27.2. The third kappa shape index (κ3) is 5.70. The number of likely N-dealkylation sites (N-methyl/N-ethyl adjacent to an activating group) is 1. The van der Waals surface area contributed by atoms with Crippen molar-refractivity contribution in [1.82, 2.24) is 0 Å². The molecular weight excluding hydrogens is 679 g/mol. The molecule has 3 aliphatic heterocycles. The Morgan fingerprint density at radius 1 is 0.607 bits per heavy atom. The van der Waals surface area contributed by atoms with E-state index in [4.69, 9.17) is 0 Å². The van der Waals surface area contributed by atoms with Gasteiger partial charge < -0.3 is 4.90 Å². The summed E-state index contributed by atoms with van der Waals surface area (Å²) in [6, 6.07) is 49.2. The van der Waals surface area contributed by atoms with Crippen LogP contribution in [-0.2, 0) is 10.8 Å². The van der Waals surface area contributed by atoms with E-state index in [0.717, 1.165) is 25.9 Å². The molecule has 0 unspecified atom stereocenters. The summed E-state index contributed by atoms with van der Waals surface area (Å²) >= 11 is 0. The molecule has 3 heteroatoms. The van der Waals surface area contributed by atoms with Crippen LogP contribution in [0.1, 0.15) is 82.7 Å². The second-order valence-electron chi connectivity index (χ2n) is 16.6. The zero-order valence-electron chi connectivity index (χ0n) is 33.8. The first kappa shape index (κ1) is 35.9. The molecule has 3 heterocycles. The van der Waals surface area contributed by atoms with Crippen molar-refractivity contribution >= 4 is 44.3 Å². The maximum Gasteiger partial charge on any atom is 0.210 e. The van der Waals surface area contributed by atoms with E-state index in [2.05, 4.69) is 213 Å². The first-order valence-electron chi connectivity index (χ1n) is 20.5. The minimum atomic E-state index is -0.148. The van der Waals surface area contributed by atoms with Crippen molar-refractivity contribution in [1.29, 1.82) is 0 Å². The Bertz CT molecular complexity index is 2610. The molecule has 6 aromatic rings. The van der Waals surface area contributed by atoms with Gasteiger partial charge in [0.25, 0.3) is 0 Å². The van der Waals surface area contributed by atoms with Crippen molar-refractivity contribution < 1.29 is 9.15 Å². The quantitative estimate of drug-likeness (QED) is 0.142. The van der Waals surface area contributed by atoms with Gasteiger partial charge >= 0.3 is 0 Å². The molecule has 56 heavy (non-hydrogen) atoms. The molecular formula is C53H53N3+2. The summed E-state index contributed by atoms with van der Waals surface area (Å²) in [5, 5.41) is 5.31. The Morgan fingerprint density at radius 2 is 1.20 bits per heavy atom. The Morgan fingerprint density at radius 3 is 1.82 bits per heavy atom. The lowest BCUT2D eigenvalue weighted by Crippen LogP contribution is -2.28. The average Bonchev–Trinajstić information content (AvgIpc) is 3.80. The van der Waals surface area contributed by atoms with Crippen LogP contribution in [0.15, 0.2) is 169 Å². The SMILES string of the molecule is CCN1C(=CC=C2CCC(C=CC3=[N+](CC)c4ccc5ccccc5c4C3(C)C)=[N+]2C(c2ccccc2)c2ccccc2)C(C)(C)c2c1ccc1ccccc21. The maximum absolute atomic E-state index is 2.65. The molecule has 0 bridgehead atoms. The number of allylic oxidation sites excluding steroid dienone is 6. The van der Waals surface area contributed by atoms with Crippen molar-refractivity contribution in [2.45, 2.75) is 71.3 Å². The summed E-state index contributed by atoms with van der Waals surface area (Å²) in [4.78, 5) is 2.54. The predicted molar refractivity (Wildman–Crippen MR) is 237 cm³/mol. The summed E-state index contributed by atoms with van der Waals surface area (Å²) in [7, 11) is 0. The summed E-state index contributed by atoms with van der Waals surface area (Å²) in [5.74, 6) is 0. The van der Waals surface area contributed by atoms with Crippen molar-refractivity contribution in [3.8, 4) is 0 Å². The average molecular weight is 732 g/mol. The van der Waals surface area contributed by atoms with Gasteiger partial charge in [0, 0.05) is 77.2 Å². The van der Waals surface area contributed by atoms with Crippen LogP contribution < -0.4 is 4.90 Å². The number of hydrogen-bond donors (Lipinski definition) is 0. The minimum absolute atomic E-state index is 0.0363. The lowest BCUT2D eigenvalue weighted by molar-refractivity contribution is -0.509. The maximum atomic E-state index is 2.65. The smallest absolute Gasteiger partial charge is 0.210 e. The second-order valence-corrected chi connectivity index (χ2v) is 16.6. The van der Waals surface area contributed by atoms with E-state index < -0.39 is 0 Å². The standard InChI is InChI=1S/C53H53N3/c1-7-54-45-33-27-37-19-15-17-25-43(37)49(45)52(3,4)47(54)35-31-41-29-30-42(56(41)51(39-21-11-9-12-22-39)40-23-13-10-14-24-40)32-36-48-53(5,6)50-44-26-18-16-20-38(44)28-34-46(50)55(48)8-2/h9-28,31-36,51H,7-8,29-30H2,1-6H3/q+2. The monoisotopic (exact) mass is 731 g/mol. The number of anilines is 1. The van der Waals surface area contributed by atoms with Crippen LogP contribution in [0, 0.1) is 0 Å². The fourth-order valence-corrected chi connectivity index (χ4v) is 10.2. The van der Waals surface area contributed by atoms with Gasteiger partial charge in [-0.05, 0) is 73.0 Å². The van der Waals surface area contributed by atoms with E-state index in [1.807, 2.05) is 0 Å². The Labute approximate surface area is 333 Å². The molecule has 0 fully saturated rings. The second kappa shape index (κ2) is 14.0. The van der Waals surface area contributed by atoms with E-state index in [1.165, 1.54) is 78.0 Å². The van der Waals surface area contributed by atoms with Crippen LogP contribution in [0.25, 0.3) is 21.5 Å². The Hall–Kier alpha value is -5.80.